The number of nitrogens with zero attached hydrogens (tertiary/aromatic N) is 1. The van der Waals surface area contributed by atoms with Crippen molar-refractivity contribution >= 4 is 23.3 Å². The van der Waals surface area contributed by atoms with Gasteiger partial charge in [0, 0.05) is 23.3 Å². The molecule has 1 heterocycles. The van der Waals surface area contributed by atoms with E-state index >= 15 is 0 Å². The maximum atomic E-state index is 12.8. The zero-order chi connectivity index (χ0) is 20.3. The molecule has 3 rings (SSSR count). The Labute approximate surface area is 167 Å². The maximum Gasteiger partial charge on any atom is 0.319 e. The molecule has 1 aliphatic rings. The highest BCUT2D eigenvalue weighted by Gasteiger charge is 2.30. The first-order valence-corrected chi connectivity index (χ1v) is 9.87. The number of carbonyl (C=O) groups excluding carboxylic acids is 2. The fraction of sp³-hybridized carbons (Fsp3) is 0.391. The largest absolute Gasteiger partial charge is 0.333 e. The molecule has 3 amide bonds. The van der Waals surface area contributed by atoms with Crippen LogP contribution >= 0.6 is 0 Å². The Bertz CT molecular complexity index is 856. The number of carbonyl (C=O) groups is 2. The summed E-state index contributed by atoms with van der Waals surface area (Å²) in [4.78, 5) is 26.9. The molecule has 0 saturated heterocycles. The van der Waals surface area contributed by atoms with E-state index in [1.54, 1.807) is 0 Å². The summed E-state index contributed by atoms with van der Waals surface area (Å²) >= 11 is 0. The molecule has 2 N–H and O–H groups in total. The number of anilines is 2. The van der Waals surface area contributed by atoms with E-state index in [9.17, 15) is 9.59 Å². The molecule has 0 aliphatic carbocycles. The number of hydrogen-bond acceptors (Lipinski definition) is 2. The zero-order valence-electron chi connectivity index (χ0n) is 17.1. The molecule has 28 heavy (non-hydrogen) atoms. The molecule has 1 aliphatic heterocycles. The fourth-order valence-corrected chi connectivity index (χ4v) is 3.68. The van der Waals surface area contributed by atoms with Crippen LogP contribution in [0, 0.1) is 0 Å². The number of hydrogen-bond donors (Lipinski definition) is 2. The van der Waals surface area contributed by atoms with Crippen LogP contribution in [0.1, 0.15) is 57.7 Å². The Morgan fingerprint density at radius 3 is 2.46 bits per heavy atom. The third-order valence-corrected chi connectivity index (χ3v) is 4.85. The average molecular weight is 380 g/mol. The normalized spacial score (nSPS) is 15.0. The second kappa shape index (κ2) is 8.05. The summed E-state index contributed by atoms with van der Waals surface area (Å²) in [5.74, 6) is 0.148. The highest BCUT2D eigenvalue weighted by atomic mass is 16.2. The van der Waals surface area contributed by atoms with E-state index in [1.165, 1.54) is 0 Å². The maximum absolute atomic E-state index is 12.8. The van der Waals surface area contributed by atoms with Crippen molar-refractivity contribution in [3.63, 3.8) is 0 Å². The zero-order valence-corrected chi connectivity index (χ0v) is 17.1. The number of aryl methyl sites for hydroxylation is 1. The minimum Gasteiger partial charge on any atom is -0.333 e. The summed E-state index contributed by atoms with van der Waals surface area (Å²) in [7, 11) is 0. The Hall–Kier alpha value is -2.82. The Kier molecular flexibility index (Phi) is 5.73. The van der Waals surface area contributed by atoms with Gasteiger partial charge in [0.05, 0.1) is 6.04 Å². The van der Waals surface area contributed by atoms with Crippen LogP contribution in [0.15, 0.2) is 48.5 Å². The lowest BCUT2D eigenvalue weighted by Gasteiger charge is -2.36. The van der Waals surface area contributed by atoms with E-state index in [4.69, 9.17) is 0 Å². The van der Waals surface area contributed by atoms with E-state index in [2.05, 4.69) is 29.7 Å². The monoisotopic (exact) mass is 379 g/mol. The molecule has 5 nitrogen and oxygen atoms in total. The Morgan fingerprint density at radius 2 is 1.82 bits per heavy atom. The van der Waals surface area contributed by atoms with Crippen LogP contribution < -0.4 is 15.5 Å². The SMILES string of the molecule is CCC(c1ccccc1)N1C(=O)CCc2cc(NC(=O)NC(C)(C)C)ccc21. The highest BCUT2D eigenvalue weighted by Crippen LogP contribution is 2.37. The summed E-state index contributed by atoms with van der Waals surface area (Å²) in [5, 5.41) is 5.79. The minimum absolute atomic E-state index is 0.00995. The van der Waals surface area contributed by atoms with Crippen LogP contribution in [0.25, 0.3) is 0 Å². The van der Waals surface area contributed by atoms with Crippen molar-refractivity contribution in [2.45, 2.75) is 58.5 Å². The van der Waals surface area contributed by atoms with Gasteiger partial charge < -0.3 is 15.5 Å². The summed E-state index contributed by atoms with van der Waals surface area (Å²) in [5.41, 5.74) is 3.60. The van der Waals surface area contributed by atoms with Gasteiger partial charge in [0.15, 0.2) is 0 Å². The summed E-state index contributed by atoms with van der Waals surface area (Å²) in [6, 6.07) is 15.7. The molecule has 1 atom stereocenters. The lowest BCUT2D eigenvalue weighted by Crippen LogP contribution is -2.43. The quantitative estimate of drug-likeness (QED) is 0.782. The second-order valence-electron chi connectivity index (χ2n) is 8.27. The molecule has 5 heteroatoms. The first-order chi connectivity index (χ1) is 13.3. The van der Waals surface area contributed by atoms with Crippen LogP contribution in [0.3, 0.4) is 0 Å². The van der Waals surface area contributed by atoms with Gasteiger partial charge in [0.1, 0.15) is 0 Å². The van der Waals surface area contributed by atoms with Gasteiger partial charge in [-0.2, -0.15) is 0 Å². The van der Waals surface area contributed by atoms with Gasteiger partial charge in [-0.3, -0.25) is 4.79 Å². The predicted molar refractivity (Wildman–Crippen MR) is 114 cm³/mol. The van der Waals surface area contributed by atoms with Crippen molar-refractivity contribution in [1.82, 2.24) is 5.32 Å². The van der Waals surface area contributed by atoms with E-state index in [0.717, 1.165) is 28.9 Å². The summed E-state index contributed by atoms with van der Waals surface area (Å²) < 4.78 is 0. The average Bonchev–Trinajstić information content (AvgIpc) is 2.63. The van der Waals surface area contributed by atoms with Crippen molar-refractivity contribution in [3.8, 4) is 0 Å². The van der Waals surface area contributed by atoms with Crippen LogP contribution in [0.4, 0.5) is 16.2 Å². The third-order valence-electron chi connectivity index (χ3n) is 4.85. The first kappa shape index (κ1) is 19.9. The minimum atomic E-state index is -0.300. The van der Waals surface area contributed by atoms with Gasteiger partial charge in [-0.05, 0) is 62.9 Å². The lowest BCUT2D eigenvalue weighted by atomic mass is 9.95. The van der Waals surface area contributed by atoms with Crippen LogP contribution in [0.2, 0.25) is 0 Å². The molecule has 0 fully saturated rings. The molecule has 0 saturated carbocycles. The van der Waals surface area contributed by atoms with Gasteiger partial charge >= 0.3 is 6.03 Å². The van der Waals surface area contributed by atoms with E-state index in [1.807, 2.05) is 62.1 Å². The number of urea groups is 1. The van der Waals surface area contributed by atoms with Crippen LogP contribution in [-0.4, -0.2) is 17.5 Å². The van der Waals surface area contributed by atoms with Crippen LogP contribution in [-0.2, 0) is 11.2 Å². The van der Waals surface area contributed by atoms with Gasteiger partial charge in [-0.1, -0.05) is 37.3 Å². The predicted octanol–water partition coefficient (Wildman–Crippen LogP) is 5.04. The number of amides is 3. The van der Waals surface area contributed by atoms with Crippen LogP contribution in [0.5, 0.6) is 0 Å². The fourth-order valence-electron chi connectivity index (χ4n) is 3.68. The molecular weight excluding hydrogens is 350 g/mol. The van der Waals surface area contributed by atoms with E-state index in [-0.39, 0.29) is 23.5 Å². The molecule has 0 spiro atoms. The van der Waals surface area contributed by atoms with Gasteiger partial charge in [-0.15, -0.1) is 0 Å². The topological polar surface area (TPSA) is 61.4 Å². The van der Waals surface area contributed by atoms with Gasteiger partial charge in [0.25, 0.3) is 0 Å². The number of nitrogens with one attached hydrogen (secondary N) is 2. The Balaban J connectivity index is 1.87. The van der Waals surface area contributed by atoms with Crippen molar-refractivity contribution < 1.29 is 9.59 Å². The summed E-state index contributed by atoms with van der Waals surface area (Å²) in [6.45, 7) is 7.93. The smallest absolute Gasteiger partial charge is 0.319 e. The number of rotatable bonds is 4. The highest BCUT2D eigenvalue weighted by molar-refractivity contribution is 5.98. The molecule has 2 aromatic rings. The third kappa shape index (κ3) is 4.53. The van der Waals surface area contributed by atoms with Crippen molar-refractivity contribution in [2.75, 3.05) is 10.2 Å². The number of fused-ring (bicyclic) bond motifs is 1. The molecule has 0 bridgehead atoms. The van der Waals surface area contributed by atoms with E-state index < -0.39 is 0 Å². The van der Waals surface area contributed by atoms with Gasteiger partial charge in [0.2, 0.25) is 5.91 Å². The van der Waals surface area contributed by atoms with Crippen molar-refractivity contribution in [2.24, 2.45) is 0 Å². The van der Waals surface area contributed by atoms with Crippen molar-refractivity contribution in [1.29, 1.82) is 0 Å². The molecular formula is C23H29N3O2. The Morgan fingerprint density at radius 1 is 1.11 bits per heavy atom. The van der Waals surface area contributed by atoms with Gasteiger partial charge in [-0.25, -0.2) is 4.79 Å². The molecule has 1 unspecified atom stereocenters. The molecule has 0 radical (unpaired) electrons. The second-order valence-corrected chi connectivity index (χ2v) is 8.27. The van der Waals surface area contributed by atoms with E-state index in [0.29, 0.717) is 12.8 Å². The molecule has 2 aromatic carbocycles. The standard InChI is InChI=1S/C23H29N3O2/c1-5-19(16-9-7-6-8-10-16)26-20-13-12-18(15-17(20)11-14-21(26)27)24-22(28)25-23(2,3)4/h6-10,12-13,15,19H,5,11,14H2,1-4H3,(H2,24,25,28). The van der Waals surface area contributed by atoms with Crippen molar-refractivity contribution in [3.05, 3.63) is 59.7 Å². The number of benzene rings is 2. The molecule has 0 aromatic heterocycles. The first-order valence-electron chi connectivity index (χ1n) is 9.87. The molecule has 148 valence electrons. The lowest BCUT2D eigenvalue weighted by molar-refractivity contribution is -0.119. The summed E-state index contributed by atoms with van der Waals surface area (Å²) in [6.07, 6.45) is 2.00.